The van der Waals surface area contributed by atoms with E-state index >= 15 is 0 Å². The fourth-order valence-electron chi connectivity index (χ4n) is 3.42. The number of sulfone groups is 1. The summed E-state index contributed by atoms with van der Waals surface area (Å²) in [7, 11) is -3.14. The normalized spacial score (nSPS) is 26.3. The second kappa shape index (κ2) is 8.18. The summed E-state index contributed by atoms with van der Waals surface area (Å²) in [6.45, 7) is 6.57. The molecule has 9 heteroatoms. The number of aliphatic imine (C=N–C) groups is 1. The molecule has 152 valence electrons. The van der Waals surface area contributed by atoms with E-state index in [1.54, 1.807) is 13.8 Å². The Hall–Kier alpha value is -0.970. The number of halogens is 3. The van der Waals surface area contributed by atoms with Crippen LogP contribution in [0.15, 0.2) is 23.2 Å². The Labute approximate surface area is 176 Å². The molecule has 0 bridgehead atoms. The molecule has 1 aliphatic carbocycles. The van der Waals surface area contributed by atoms with Gasteiger partial charge in [-0.15, -0.1) is 24.0 Å². The van der Waals surface area contributed by atoms with Gasteiger partial charge in [0, 0.05) is 37.2 Å². The highest BCUT2D eigenvalue weighted by Gasteiger charge is 2.45. The van der Waals surface area contributed by atoms with Gasteiger partial charge in [-0.2, -0.15) is 0 Å². The Morgan fingerprint density at radius 3 is 2.52 bits per heavy atom. The fourth-order valence-corrected chi connectivity index (χ4v) is 4.78. The van der Waals surface area contributed by atoms with Crippen molar-refractivity contribution < 1.29 is 17.2 Å². The van der Waals surface area contributed by atoms with Crippen molar-refractivity contribution in [2.24, 2.45) is 4.99 Å². The molecule has 2 unspecified atom stereocenters. The molecule has 1 aromatic carbocycles. The van der Waals surface area contributed by atoms with Crippen molar-refractivity contribution in [3.63, 3.8) is 0 Å². The Morgan fingerprint density at radius 1 is 1.33 bits per heavy atom. The predicted molar refractivity (Wildman–Crippen MR) is 113 cm³/mol. The van der Waals surface area contributed by atoms with Gasteiger partial charge in [-0.3, -0.25) is 4.99 Å². The molecule has 5 nitrogen and oxygen atoms in total. The zero-order valence-electron chi connectivity index (χ0n) is 15.7. The maximum absolute atomic E-state index is 14.0. The molecule has 1 aromatic rings. The van der Waals surface area contributed by atoms with Crippen molar-refractivity contribution >= 4 is 39.8 Å². The highest BCUT2D eigenvalue weighted by Crippen LogP contribution is 2.43. The average Bonchev–Trinajstić information content (AvgIpc) is 3.28. The van der Waals surface area contributed by atoms with Gasteiger partial charge in [-0.25, -0.2) is 17.2 Å². The number of nitrogens with one attached hydrogen (secondary N) is 1. The molecular formula is C18H26F2IN3O2S. The monoisotopic (exact) mass is 513 g/mol. The fraction of sp³-hybridized carbons (Fsp3) is 0.611. The van der Waals surface area contributed by atoms with Gasteiger partial charge >= 0.3 is 0 Å². The molecule has 1 heterocycles. The molecule has 2 aliphatic rings. The molecule has 3 rings (SSSR count). The van der Waals surface area contributed by atoms with E-state index in [0.29, 0.717) is 32.0 Å². The molecule has 0 amide bonds. The van der Waals surface area contributed by atoms with Crippen LogP contribution in [0.4, 0.5) is 8.78 Å². The topological polar surface area (TPSA) is 61.8 Å². The quantitative estimate of drug-likeness (QED) is 0.384. The molecule has 0 spiro atoms. The Kier molecular flexibility index (Phi) is 6.76. The van der Waals surface area contributed by atoms with Crippen LogP contribution in [0.25, 0.3) is 0 Å². The standard InChI is InChI=1S/C18H25F2N3O2S.HI/c1-4-21-17(23-8-9-26(24,25)18(2,3)11-23)22-15-10-12(15)16-13(19)6-5-7-14(16)20;/h5-7,12,15H,4,8-11H2,1-3H3,(H,21,22);1H. The van der Waals surface area contributed by atoms with Crippen LogP contribution < -0.4 is 5.32 Å². The van der Waals surface area contributed by atoms with E-state index in [-0.39, 0.29) is 47.3 Å². The smallest absolute Gasteiger partial charge is 0.194 e. The Balaban J connectivity index is 0.00000261. The van der Waals surface area contributed by atoms with Gasteiger partial charge in [0.15, 0.2) is 15.8 Å². The maximum atomic E-state index is 14.0. The van der Waals surface area contributed by atoms with Gasteiger partial charge in [-0.1, -0.05) is 6.07 Å². The van der Waals surface area contributed by atoms with Crippen LogP contribution in [-0.4, -0.2) is 55.5 Å². The van der Waals surface area contributed by atoms with Crippen LogP contribution in [-0.2, 0) is 9.84 Å². The summed E-state index contributed by atoms with van der Waals surface area (Å²) in [6, 6.07) is 3.80. The summed E-state index contributed by atoms with van der Waals surface area (Å²) in [5.41, 5.74) is 0.113. The summed E-state index contributed by atoms with van der Waals surface area (Å²) in [5, 5.41) is 3.28. The first-order chi connectivity index (χ1) is 12.2. The largest absolute Gasteiger partial charge is 0.353 e. The van der Waals surface area contributed by atoms with Crippen molar-refractivity contribution in [1.82, 2.24) is 10.2 Å². The third-order valence-electron chi connectivity index (χ3n) is 5.13. The number of hydrogen-bond acceptors (Lipinski definition) is 3. The van der Waals surface area contributed by atoms with E-state index in [4.69, 9.17) is 0 Å². The highest BCUT2D eigenvalue weighted by molar-refractivity contribution is 14.0. The number of hydrogen-bond donors (Lipinski definition) is 1. The molecule has 1 N–H and O–H groups in total. The molecule has 2 atom stereocenters. The first-order valence-electron chi connectivity index (χ1n) is 8.88. The first kappa shape index (κ1) is 22.3. The second-order valence-corrected chi connectivity index (χ2v) is 10.3. The van der Waals surface area contributed by atoms with Gasteiger partial charge in [0.25, 0.3) is 0 Å². The summed E-state index contributed by atoms with van der Waals surface area (Å²) >= 11 is 0. The van der Waals surface area contributed by atoms with Gasteiger partial charge in [0.05, 0.1) is 10.5 Å². The Bertz CT molecular complexity index is 810. The highest BCUT2D eigenvalue weighted by atomic mass is 127. The number of benzene rings is 1. The molecule has 1 saturated heterocycles. The SMILES string of the molecule is CCN=C(NC1CC1c1c(F)cccc1F)N1CCS(=O)(=O)C(C)(C)C1.I. The summed E-state index contributed by atoms with van der Waals surface area (Å²) in [6.07, 6.45) is 0.621. The van der Waals surface area contributed by atoms with Crippen molar-refractivity contribution in [3.8, 4) is 0 Å². The van der Waals surface area contributed by atoms with Crippen molar-refractivity contribution in [3.05, 3.63) is 35.4 Å². The molecule has 27 heavy (non-hydrogen) atoms. The minimum atomic E-state index is -3.14. The lowest BCUT2D eigenvalue weighted by molar-refractivity contribution is 0.352. The van der Waals surface area contributed by atoms with E-state index < -0.39 is 26.2 Å². The molecule has 1 saturated carbocycles. The lowest BCUT2D eigenvalue weighted by Gasteiger charge is -2.39. The van der Waals surface area contributed by atoms with Crippen LogP contribution in [0, 0.1) is 11.6 Å². The van der Waals surface area contributed by atoms with Crippen molar-refractivity contribution in [1.29, 1.82) is 0 Å². The molecule has 1 aliphatic heterocycles. The minimum absolute atomic E-state index is 0. The van der Waals surface area contributed by atoms with E-state index in [1.807, 2.05) is 11.8 Å². The molecule has 0 aromatic heterocycles. The molecule has 2 fully saturated rings. The maximum Gasteiger partial charge on any atom is 0.194 e. The third-order valence-corrected chi connectivity index (χ3v) is 7.66. The second-order valence-electron chi connectivity index (χ2n) is 7.53. The van der Waals surface area contributed by atoms with Crippen molar-refractivity contribution in [2.75, 3.05) is 25.4 Å². The third kappa shape index (κ3) is 4.55. The average molecular weight is 513 g/mol. The minimum Gasteiger partial charge on any atom is -0.353 e. The summed E-state index contributed by atoms with van der Waals surface area (Å²) in [4.78, 5) is 6.39. The molecule has 0 radical (unpaired) electrons. The van der Waals surface area contributed by atoms with Gasteiger partial charge in [-0.05, 0) is 39.3 Å². The van der Waals surface area contributed by atoms with Gasteiger partial charge in [0.1, 0.15) is 11.6 Å². The summed E-state index contributed by atoms with van der Waals surface area (Å²) in [5.74, 6) is -0.614. The zero-order chi connectivity index (χ0) is 19.1. The number of nitrogens with zero attached hydrogens (tertiary/aromatic N) is 2. The number of guanidine groups is 1. The zero-order valence-corrected chi connectivity index (χ0v) is 18.9. The van der Waals surface area contributed by atoms with Gasteiger partial charge < -0.3 is 10.2 Å². The van der Waals surface area contributed by atoms with E-state index in [2.05, 4.69) is 10.3 Å². The van der Waals surface area contributed by atoms with E-state index in [1.165, 1.54) is 18.2 Å². The lowest BCUT2D eigenvalue weighted by atomic mass is 10.1. The Morgan fingerprint density at radius 2 is 1.96 bits per heavy atom. The predicted octanol–water partition coefficient (Wildman–Crippen LogP) is 2.91. The molecular weight excluding hydrogens is 487 g/mol. The number of rotatable bonds is 3. The van der Waals surface area contributed by atoms with E-state index in [0.717, 1.165) is 0 Å². The van der Waals surface area contributed by atoms with Crippen LogP contribution >= 0.6 is 24.0 Å². The van der Waals surface area contributed by atoms with Crippen molar-refractivity contribution in [2.45, 2.75) is 43.9 Å². The van der Waals surface area contributed by atoms with E-state index in [9.17, 15) is 17.2 Å². The van der Waals surface area contributed by atoms with Crippen LogP contribution in [0.5, 0.6) is 0 Å². The summed E-state index contributed by atoms with van der Waals surface area (Å²) < 4.78 is 51.5. The van der Waals surface area contributed by atoms with Crippen LogP contribution in [0.1, 0.15) is 38.7 Å². The first-order valence-corrected chi connectivity index (χ1v) is 10.5. The van der Waals surface area contributed by atoms with Gasteiger partial charge in [0.2, 0.25) is 0 Å². The lowest BCUT2D eigenvalue weighted by Crippen LogP contribution is -2.57. The van der Waals surface area contributed by atoms with Crippen LogP contribution in [0.2, 0.25) is 0 Å². The van der Waals surface area contributed by atoms with Crippen LogP contribution in [0.3, 0.4) is 0 Å².